The van der Waals surface area contributed by atoms with Gasteiger partial charge in [0.1, 0.15) is 6.29 Å². The number of aldehydes is 1. The van der Waals surface area contributed by atoms with E-state index in [0.29, 0.717) is 12.0 Å². The molecule has 0 saturated heterocycles. The van der Waals surface area contributed by atoms with Gasteiger partial charge in [-0.3, -0.25) is 0 Å². The van der Waals surface area contributed by atoms with Crippen LogP contribution in [0.1, 0.15) is 16.9 Å². The molecule has 0 spiro atoms. The zero-order chi connectivity index (χ0) is 8.81. The summed E-state index contributed by atoms with van der Waals surface area (Å²) in [5, 5.41) is 1.60. The van der Waals surface area contributed by atoms with Crippen molar-refractivity contribution in [3.8, 4) is 0 Å². The Morgan fingerprint density at radius 3 is 3.17 bits per heavy atom. The van der Waals surface area contributed by atoms with Gasteiger partial charge in [0, 0.05) is 11.8 Å². The molecule has 64 valence electrons. The number of aromatic nitrogens is 1. The summed E-state index contributed by atoms with van der Waals surface area (Å²) >= 11 is 1.33. The Kier molecular flexibility index (Phi) is 3.40. The molecule has 1 rings (SSSR count). The molecular weight excluding hydrogens is 178 g/mol. The fourth-order valence-corrected chi connectivity index (χ4v) is 1.11. The second kappa shape index (κ2) is 4.61. The normalized spacial score (nSPS) is 9.33. The number of carbonyl (C=O) groups excluding carboxylic acids is 2. The van der Waals surface area contributed by atoms with Crippen LogP contribution in [0.4, 0.5) is 0 Å². The monoisotopic (exact) mass is 185 g/mol. The van der Waals surface area contributed by atoms with Crippen molar-refractivity contribution < 1.29 is 14.3 Å². The molecule has 0 radical (unpaired) electrons. The second-order valence-corrected chi connectivity index (χ2v) is 2.68. The molecule has 0 amide bonds. The summed E-state index contributed by atoms with van der Waals surface area (Å²) in [6, 6.07) is 0. The lowest BCUT2D eigenvalue weighted by molar-refractivity contribution is -0.108. The summed E-state index contributed by atoms with van der Waals surface area (Å²) < 4.78 is 4.70. The summed E-state index contributed by atoms with van der Waals surface area (Å²) in [5.74, 6) is -0.474. The number of hydrogen-bond acceptors (Lipinski definition) is 5. The molecule has 0 saturated carbocycles. The lowest BCUT2D eigenvalue weighted by Crippen LogP contribution is -2.06. The van der Waals surface area contributed by atoms with Crippen LogP contribution < -0.4 is 0 Å². The number of nitrogens with zero attached hydrogens (tertiary/aromatic N) is 1. The molecule has 0 unspecified atom stereocenters. The molecule has 0 aliphatic rings. The molecule has 0 aliphatic heterocycles. The van der Waals surface area contributed by atoms with Gasteiger partial charge in [-0.1, -0.05) is 0 Å². The molecule has 0 fully saturated rings. The Hall–Kier alpha value is -1.23. The minimum absolute atomic E-state index is 0.125. The fourth-order valence-electron chi connectivity index (χ4n) is 0.587. The fraction of sp³-hybridized carbons (Fsp3) is 0.286. The van der Waals surface area contributed by atoms with Gasteiger partial charge in [-0.15, -0.1) is 11.3 Å². The predicted molar refractivity (Wildman–Crippen MR) is 43.1 cm³/mol. The van der Waals surface area contributed by atoms with Crippen LogP contribution in [0.2, 0.25) is 0 Å². The quantitative estimate of drug-likeness (QED) is 0.397. The summed E-state index contributed by atoms with van der Waals surface area (Å²) in [6.45, 7) is 0.125. The van der Waals surface area contributed by atoms with Gasteiger partial charge in [0.15, 0.2) is 5.69 Å². The minimum Gasteiger partial charge on any atom is -0.460 e. The molecule has 4 nitrogen and oxygen atoms in total. The van der Waals surface area contributed by atoms with Crippen LogP contribution in [0, 0.1) is 0 Å². The predicted octanol–water partition coefficient (Wildman–Crippen LogP) is 0.889. The Balaban J connectivity index is 2.34. The standard InChI is InChI=1S/C7H7NO3S/c9-2-1-3-11-7(10)6-4-12-5-8-6/h2,4-5H,1,3H2. The van der Waals surface area contributed by atoms with E-state index in [0.717, 1.165) is 0 Å². The highest BCUT2D eigenvalue weighted by molar-refractivity contribution is 7.07. The van der Waals surface area contributed by atoms with E-state index in [2.05, 4.69) is 4.98 Å². The van der Waals surface area contributed by atoms with Crippen LogP contribution in [0.5, 0.6) is 0 Å². The van der Waals surface area contributed by atoms with E-state index in [1.165, 1.54) is 11.3 Å². The van der Waals surface area contributed by atoms with Gasteiger partial charge in [-0.25, -0.2) is 9.78 Å². The van der Waals surface area contributed by atoms with Crippen LogP contribution in [-0.4, -0.2) is 23.8 Å². The molecule has 5 heteroatoms. The van der Waals surface area contributed by atoms with Crippen molar-refractivity contribution in [2.75, 3.05) is 6.61 Å². The van der Waals surface area contributed by atoms with Gasteiger partial charge in [0.25, 0.3) is 0 Å². The first-order valence-corrected chi connectivity index (χ1v) is 4.28. The summed E-state index contributed by atoms with van der Waals surface area (Å²) in [4.78, 5) is 24.6. The topological polar surface area (TPSA) is 56.3 Å². The van der Waals surface area contributed by atoms with E-state index in [1.807, 2.05) is 0 Å². The first kappa shape index (κ1) is 8.86. The molecule has 1 heterocycles. The molecule has 12 heavy (non-hydrogen) atoms. The molecule has 0 bridgehead atoms. The third kappa shape index (κ3) is 2.43. The number of thiazole rings is 1. The van der Waals surface area contributed by atoms with E-state index < -0.39 is 5.97 Å². The van der Waals surface area contributed by atoms with Gasteiger partial charge in [0.05, 0.1) is 12.1 Å². The van der Waals surface area contributed by atoms with E-state index >= 15 is 0 Å². The van der Waals surface area contributed by atoms with Crippen LogP contribution in [0.3, 0.4) is 0 Å². The lowest BCUT2D eigenvalue weighted by Gasteiger charge is -1.97. The average molecular weight is 185 g/mol. The van der Waals surface area contributed by atoms with Gasteiger partial charge >= 0.3 is 5.97 Å². The number of carbonyl (C=O) groups is 2. The second-order valence-electron chi connectivity index (χ2n) is 1.96. The summed E-state index contributed by atoms with van der Waals surface area (Å²) in [6.07, 6.45) is 0.935. The Labute approximate surface area is 73.2 Å². The van der Waals surface area contributed by atoms with E-state index in [4.69, 9.17) is 4.74 Å². The first-order valence-electron chi connectivity index (χ1n) is 3.33. The highest BCUT2D eigenvalue weighted by atomic mass is 32.1. The van der Waals surface area contributed by atoms with Crippen LogP contribution >= 0.6 is 11.3 Å². The van der Waals surface area contributed by atoms with Crippen LogP contribution in [-0.2, 0) is 9.53 Å². The van der Waals surface area contributed by atoms with Crippen molar-refractivity contribution in [3.05, 3.63) is 16.6 Å². The smallest absolute Gasteiger partial charge is 0.357 e. The van der Waals surface area contributed by atoms with Crippen molar-refractivity contribution in [2.45, 2.75) is 6.42 Å². The molecular formula is C7H7NO3S. The van der Waals surface area contributed by atoms with Crippen LogP contribution in [0.15, 0.2) is 10.9 Å². The third-order valence-electron chi connectivity index (χ3n) is 1.11. The molecule has 0 aliphatic carbocycles. The number of ether oxygens (including phenoxy) is 1. The van der Waals surface area contributed by atoms with Crippen molar-refractivity contribution in [1.29, 1.82) is 0 Å². The Bertz CT molecular complexity index is 258. The van der Waals surface area contributed by atoms with E-state index in [9.17, 15) is 9.59 Å². The molecule has 0 N–H and O–H groups in total. The highest BCUT2D eigenvalue weighted by Gasteiger charge is 2.07. The van der Waals surface area contributed by atoms with Crippen molar-refractivity contribution >= 4 is 23.6 Å². The Morgan fingerprint density at radius 2 is 2.58 bits per heavy atom. The Morgan fingerprint density at radius 1 is 1.75 bits per heavy atom. The van der Waals surface area contributed by atoms with Gasteiger partial charge in [-0.2, -0.15) is 0 Å². The number of hydrogen-bond donors (Lipinski definition) is 0. The largest absolute Gasteiger partial charge is 0.460 e. The number of esters is 1. The highest BCUT2D eigenvalue weighted by Crippen LogP contribution is 2.02. The zero-order valence-electron chi connectivity index (χ0n) is 6.23. The molecule has 1 aromatic heterocycles. The maximum absolute atomic E-state index is 11.0. The van der Waals surface area contributed by atoms with Crippen LogP contribution in [0.25, 0.3) is 0 Å². The lowest BCUT2D eigenvalue weighted by atomic mass is 10.5. The SMILES string of the molecule is O=CCCOC(=O)c1cscn1. The van der Waals surface area contributed by atoms with Crippen molar-refractivity contribution in [2.24, 2.45) is 0 Å². The van der Waals surface area contributed by atoms with Gasteiger partial charge in [-0.05, 0) is 0 Å². The zero-order valence-corrected chi connectivity index (χ0v) is 7.04. The van der Waals surface area contributed by atoms with Gasteiger partial charge in [0.2, 0.25) is 0 Å². The number of rotatable bonds is 4. The van der Waals surface area contributed by atoms with Gasteiger partial charge < -0.3 is 9.53 Å². The molecule has 0 atom stereocenters. The van der Waals surface area contributed by atoms with E-state index in [-0.39, 0.29) is 13.0 Å². The minimum atomic E-state index is -0.474. The van der Waals surface area contributed by atoms with Crippen molar-refractivity contribution in [1.82, 2.24) is 4.98 Å². The maximum Gasteiger partial charge on any atom is 0.357 e. The third-order valence-corrected chi connectivity index (χ3v) is 1.70. The van der Waals surface area contributed by atoms with E-state index in [1.54, 1.807) is 10.9 Å². The summed E-state index contributed by atoms with van der Waals surface area (Å²) in [5.41, 5.74) is 1.85. The van der Waals surface area contributed by atoms with Crippen molar-refractivity contribution in [3.63, 3.8) is 0 Å². The maximum atomic E-state index is 11.0. The average Bonchev–Trinajstić information content (AvgIpc) is 2.56. The summed E-state index contributed by atoms with van der Waals surface area (Å²) in [7, 11) is 0. The first-order chi connectivity index (χ1) is 5.84. The molecule has 1 aromatic rings. The molecule has 0 aromatic carbocycles.